The van der Waals surface area contributed by atoms with Crippen molar-refractivity contribution < 1.29 is 9.53 Å². The van der Waals surface area contributed by atoms with Gasteiger partial charge < -0.3 is 10.5 Å². The number of aromatic nitrogens is 1. The highest BCUT2D eigenvalue weighted by atomic mass is 16.5. The van der Waals surface area contributed by atoms with Crippen LogP contribution in [-0.4, -0.2) is 17.3 Å². The smallest absolute Gasteiger partial charge is 0.132 e. The summed E-state index contributed by atoms with van der Waals surface area (Å²) >= 11 is 0. The fourth-order valence-corrected chi connectivity index (χ4v) is 3.08. The van der Waals surface area contributed by atoms with Gasteiger partial charge in [-0.15, -0.1) is 0 Å². The largest absolute Gasteiger partial charge is 0.489 e. The molecule has 1 aliphatic rings. The second-order valence-electron chi connectivity index (χ2n) is 7.30. The predicted octanol–water partition coefficient (Wildman–Crippen LogP) is 7.69. The molecule has 1 aliphatic carbocycles. The minimum atomic E-state index is 0.370. The molecule has 2 N–H and O–H groups in total. The summed E-state index contributed by atoms with van der Waals surface area (Å²) in [5, 5.41) is 1.15. The lowest BCUT2D eigenvalue weighted by molar-refractivity contribution is -0.118. The molecule has 0 radical (unpaired) electrons. The number of fused-ring (bicyclic) bond motifs is 1. The van der Waals surface area contributed by atoms with Crippen LogP contribution in [-0.2, 0) is 17.8 Å². The van der Waals surface area contributed by atoms with Crippen molar-refractivity contribution in [1.29, 1.82) is 0 Å². The van der Waals surface area contributed by atoms with Gasteiger partial charge in [-0.3, -0.25) is 9.78 Å². The van der Waals surface area contributed by atoms with E-state index in [0.29, 0.717) is 24.9 Å². The number of para-hydroxylation sites is 1. The molecular formula is C30H46N2O2. The molecule has 0 saturated heterocycles. The summed E-state index contributed by atoms with van der Waals surface area (Å²) in [6.45, 7) is 16.9. The van der Waals surface area contributed by atoms with Crippen molar-refractivity contribution in [3.05, 3.63) is 71.4 Å². The third kappa shape index (κ3) is 11.4. The van der Waals surface area contributed by atoms with Crippen molar-refractivity contribution in [2.45, 2.75) is 81.3 Å². The number of hydrogen-bond acceptors (Lipinski definition) is 4. The monoisotopic (exact) mass is 466 g/mol. The topological polar surface area (TPSA) is 65.2 Å². The quantitative estimate of drug-likeness (QED) is 0.404. The lowest BCUT2D eigenvalue weighted by Gasteiger charge is -2.10. The van der Waals surface area contributed by atoms with E-state index in [0.717, 1.165) is 47.2 Å². The molecule has 0 bridgehead atoms. The van der Waals surface area contributed by atoms with Crippen LogP contribution in [0, 0.1) is 12.8 Å². The number of pyridine rings is 1. The van der Waals surface area contributed by atoms with E-state index in [9.17, 15) is 4.79 Å². The molecule has 1 heterocycles. The van der Waals surface area contributed by atoms with Gasteiger partial charge in [0.2, 0.25) is 0 Å². The lowest BCUT2D eigenvalue weighted by atomic mass is 10.1. The van der Waals surface area contributed by atoms with Gasteiger partial charge in [0.25, 0.3) is 0 Å². The van der Waals surface area contributed by atoms with Gasteiger partial charge in [0.1, 0.15) is 18.1 Å². The molecule has 4 heteroatoms. The zero-order valence-corrected chi connectivity index (χ0v) is 22.7. The number of hydrogen-bond donors (Lipinski definition) is 1. The Morgan fingerprint density at radius 1 is 0.971 bits per heavy atom. The number of carbonyl (C=O) groups excluding carboxylic acids is 1. The average Bonchev–Trinajstić information content (AvgIpc) is 3.74. The Balaban J connectivity index is 0.000000762. The van der Waals surface area contributed by atoms with E-state index in [1.54, 1.807) is 6.92 Å². The van der Waals surface area contributed by atoms with Crippen molar-refractivity contribution in [2.24, 2.45) is 11.7 Å². The van der Waals surface area contributed by atoms with Crippen LogP contribution in [0.15, 0.2) is 54.6 Å². The van der Waals surface area contributed by atoms with Gasteiger partial charge in [-0.25, -0.2) is 0 Å². The molecule has 4 rings (SSSR count). The Kier molecular flexibility index (Phi) is 17.2. The molecule has 1 aromatic heterocycles. The highest BCUT2D eigenvalue weighted by molar-refractivity contribution is 5.82. The Labute approximate surface area is 207 Å². The number of Topliss-reactive ketones (excluding diaryl/α,β-unsaturated/α-hetero) is 1. The third-order valence-corrected chi connectivity index (χ3v) is 4.83. The number of benzene rings is 2. The fraction of sp³-hybridized carbons (Fsp3) is 0.467. The van der Waals surface area contributed by atoms with Crippen molar-refractivity contribution in [3.8, 4) is 5.75 Å². The average molecular weight is 467 g/mol. The SMILES string of the molecule is CC.CC.CC.CC(=O)C1CC1.Cc1cc(COc2ccc(CCN)cc2)c2ccccc2n1. The Morgan fingerprint density at radius 3 is 2.06 bits per heavy atom. The molecule has 0 spiro atoms. The van der Waals surface area contributed by atoms with E-state index in [1.807, 2.05) is 78.8 Å². The number of nitrogens with zero attached hydrogens (tertiary/aromatic N) is 1. The van der Waals surface area contributed by atoms with Gasteiger partial charge in [-0.1, -0.05) is 71.9 Å². The van der Waals surface area contributed by atoms with Crippen molar-refractivity contribution in [2.75, 3.05) is 6.54 Å². The predicted molar refractivity (Wildman–Crippen MR) is 147 cm³/mol. The first kappa shape index (κ1) is 31.3. The highest BCUT2D eigenvalue weighted by Gasteiger charge is 2.25. The normalized spacial score (nSPS) is 11.2. The zero-order valence-electron chi connectivity index (χ0n) is 22.7. The Bertz CT molecular complexity index is 932. The number of aryl methyl sites for hydroxylation is 1. The molecule has 1 fully saturated rings. The van der Waals surface area contributed by atoms with Gasteiger partial charge in [0, 0.05) is 22.6 Å². The molecule has 2 aromatic carbocycles. The number of ketones is 1. The van der Waals surface area contributed by atoms with Crippen LogP contribution in [0.1, 0.15) is 78.1 Å². The Morgan fingerprint density at radius 2 is 1.56 bits per heavy atom. The third-order valence-electron chi connectivity index (χ3n) is 4.83. The van der Waals surface area contributed by atoms with Crippen LogP contribution in [0.5, 0.6) is 5.75 Å². The lowest BCUT2D eigenvalue weighted by Crippen LogP contribution is -2.02. The summed E-state index contributed by atoms with van der Waals surface area (Å²) in [4.78, 5) is 14.8. The molecule has 4 nitrogen and oxygen atoms in total. The number of ether oxygens (including phenoxy) is 1. The molecule has 0 unspecified atom stereocenters. The zero-order chi connectivity index (χ0) is 25.9. The summed E-state index contributed by atoms with van der Waals surface area (Å²) < 4.78 is 5.93. The number of rotatable bonds is 6. The maximum absolute atomic E-state index is 10.2. The summed E-state index contributed by atoms with van der Waals surface area (Å²) in [6.07, 6.45) is 3.19. The van der Waals surface area contributed by atoms with E-state index in [4.69, 9.17) is 10.5 Å². The molecule has 0 amide bonds. The van der Waals surface area contributed by atoms with Gasteiger partial charge in [0.05, 0.1) is 5.52 Å². The van der Waals surface area contributed by atoms with Gasteiger partial charge in [0.15, 0.2) is 0 Å². The highest BCUT2D eigenvalue weighted by Crippen LogP contribution is 2.29. The van der Waals surface area contributed by atoms with Crippen molar-refractivity contribution in [3.63, 3.8) is 0 Å². The number of carbonyl (C=O) groups is 1. The first-order valence-corrected chi connectivity index (χ1v) is 12.8. The van der Waals surface area contributed by atoms with E-state index in [1.165, 1.54) is 5.56 Å². The molecule has 34 heavy (non-hydrogen) atoms. The standard InChI is InChI=1S/C19H20N2O.C5H8O.3C2H6/c1-14-12-16(18-4-2-3-5-19(18)21-14)13-22-17-8-6-15(7-9-17)10-11-20;1-4(6)5-2-3-5;3*1-2/h2-9,12H,10-11,13,20H2,1H3;5H,2-3H2,1H3;3*1-2H3. The maximum atomic E-state index is 10.2. The molecule has 0 aliphatic heterocycles. The first-order valence-electron chi connectivity index (χ1n) is 12.8. The van der Waals surface area contributed by atoms with Crippen molar-refractivity contribution in [1.82, 2.24) is 4.98 Å². The molecular weight excluding hydrogens is 420 g/mol. The van der Waals surface area contributed by atoms with Crippen LogP contribution in [0.2, 0.25) is 0 Å². The van der Waals surface area contributed by atoms with Crippen LogP contribution in [0.4, 0.5) is 0 Å². The van der Waals surface area contributed by atoms with Gasteiger partial charge in [-0.05, 0) is 69.5 Å². The minimum absolute atomic E-state index is 0.370. The summed E-state index contributed by atoms with van der Waals surface area (Å²) in [6, 6.07) is 18.4. The molecule has 1 saturated carbocycles. The van der Waals surface area contributed by atoms with Gasteiger partial charge in [-0.2, -0.15) is 0 Å². The van der Waals surface area contributed by atoms with Crippen LogP contribution < -0.4 is 10.5 Å². The first-order chi connectivity index (χ1) is 16.6. The van der Waals surface area contributed by atoms with Crippen LogP contribution in [0.3, 0.4) is 0 Å². The molecule has 0 atom stereocenters. The van der Waals surface area contributed by atoms with Gasteiger partial charge >= 0.3 is 0 Å². The molecule has 188 valence electrons. The van der Waals surface area contributed by atoms with Crippen LogP contribution in [0.25, 0.3) is 10.9 Å². The maximum Gasteiger partial charge on any atom is 0.132 e. The van der Waals surface area contributed by atoms with E-state index in [2.05, 4.69) is 29.2 Å². The van der Waals surface area contributed by atoms with E-state index in [-0.39, 0.29) is 0 Å². The summed E-state index contributed by atoms with van der Waals surface area (Å²) in [5.74, 6) is 1.71. The van der Waals surface area contributed by atoms with Crippen LogP contribution >= 0.6 is 0 Å². The fourth-order valence-electron chi connectivity index (χ4n) is 3.08. The molecule has 3 aromatic rings. The second kappa shape index (κ2) is 18.7. The second-order valence-corrected chi connectivity index (χ2v) is 7.30. The van der Waals surface area contributed by atoms with Crippen molar-refractivity contribution >= 4 is 16.7 Å². The Hall–Kier alpha value is -2.72. The summed E-state index contributed by atoms with van der Waals surface area (Å²) in [7, 11) is 0. The minimum Gasteiger partial charge on any atom is -0.489 e. The summed E-state index contributed by atoms with van der Waals surface area (Å²) in [5.41, 5.74) is 9.98. The van der Waals surface area contributed by atoms with E-state index < -0.39 is 0 Å². The number of nitrogens with two attached hydrogens (primary N) is 1. The van der Waals surface area contributed by atoms with E-state index >= 15 is 0 Å².